The minimum absolute atomic E-state index is 0.494. The average molecular weight is 219 g/mol. The summed E-state index contributed by atoms with van der Waals surface area (Å²) in [6.07, 6.45) is 1.22. The van der Waals surface area contributed by atoms with E-state index in [9.17, 15) is 14.7 Å². The van der Waals surface area contributed by atoms with Gasteiger partial charge in [0.25, 0.3) is 0 Å². The zero-order valence-electron chi connectivity index (χ0n) is 9.02. The molecule has 0 aliphatic rings. The molecule has 0 saturated heterocycles. The van der Waals surface area contributed by atoms with Gasteiger partial charge >= 0.3 is 5.97 Å². The molecule has 1 rings (SSSR count). The van der Waals surface area contributed by atoms with Crippen molar-refractivity contribution >= 4 is 18.0 Å². The second-order valence-electron chi connectivity index (χ2n) is 3.25. The summed E-state index contributed by atoms with van der Waals surface area (Å²) in [5.74, 6) is -2.46. The van der Waals surface area contributed by atoms with Crippen molar-refractivity contribution in [3.8, 4) is 0 Å². The maximum Gasteiger partial charge on any atom is 0.339 e. The Hall–Kier alpha value is -2.10. The highest BCUT2D eigenvalue weighted by Gasteiger charge is 2.10. The summed E-state index contributed by atoms with van der Waals surface area (Å²) in [4.78, 5) is 21.8. The van der Waals surface area contributed by atoms with E-state index in [2.05, 4.69) is 4.74 Å². The quantitative estimate of drug-likeness (QED) is 0.317. The van der Waals surface area contributed by atoms with Crippen molar-refractivity contribution in [3.05, 3.63) is 41.0 Å². The van der Waals surface area contributed by atoms with Crippen LogP contribution in [0.1, 0.15) is 11.1 Å². The Morgan fingerprint density at radius 1 is 1.25 bits per heavy atom. The van der Waals surface area contributed by atoms with Crippen molar-refractivity contribution in [2.75, 3.05) is 7.11 Å². The number of carboxylic acid groups (broad SMARTS) is 1. The van der Waals surface area contributed by atoms with Crippen LogP contribution < -0.4 is 5.11 Å². The lowest BCUT2D eigenvalue weighted by Gasteiger charge is -2.06. The molecule has 0 unspecified atom stereocenters. The number of benzene rings is 1. The van der Waals surface area contributed by atoms with E-state index in [-0.39, 0.29) is 0 Å². The summed E-state index contributed by atoms with van der Waals surface area (Å²) in [5, 5.41) is 10.7. The molecule has 0 aromatic heterocycles. The van der Waals surface area contributed by atoms with Crippen molar-refractivity contribution < 1.29 is 19.4 Å². The van der Waals surface area contributed by atoms with Crippen LogP contribution in [0, 0.1) is 6.92 Å². The minimum Gasteiger partial charge on any atom is -0.545 e. The molecule has 0 aliphatic heterocycles. The number of hydrogen-bond acceptors (Lipinski definition) is 4. The molecule has 0 atom stereocenters. The molecule has 0 fully saturated rings. The lowest BCUT2D eigenvalue weighted by Crippen LogP contribution is -2.29. The standard InChI is InChI=1S/C12H12O4/c1-8-3-5-9(6-4-8)7-10(11(13)14)12(15)16-2/h3-7H,1-2H3,(H,13,14)/p-1/b10-7-. The molecular weight excluding hydrogens is 208 g/mol. The number of rotatable bonds is 3. The Morgan fingerprint density at radius 3 is 2.25 bits per heavy atom. The first kappa shape index (κ1) is 12.0. The first-order valence-corrected chi connectivity index (χ1v) is 4.62. The van der Waals surface area contributed by atoms with Gasteiger partial charge in [0.2, 0.25) is 0 Å². The van der Waals surface area contributed by atoms with Gasteiger partial charge < -0.3 is 14.6 Å². The maximum absolute atomic E-state index is 11.1. The number of esters is 1. The zero-order valence-corrected chi connectivity index (χ0v) is 9.02. The van der Waals surface area contributed by atoms with Crippen LogP contribution in [0.25, 0.3) is 6.08 Å². The molecule has 0 spiro atoms. The second-order valence-corrected chi connectivity index (χ2v) is 3.25. The first-order chi connectivity index (χ1) is 7.54. The van der Waals surface area contributed by atoms with Gasteiger partial charge in [0, 0.05) is 0 Å². The monoisotopic (exact) mass is 219 g/mol. The van der Waals surface area contributed by atoms with Crippen LogP contribution in [-0.2, 0) is 14.3 Å². The largest absolute Gasteiger partial charge is 0.545 e. The third-order valence-corrected chi connectivity index (χ3v) is 2.01. The number of ether oxygens (including phenoxy) is 1. The third-order valence-electron chi connectivity index (χ3n) is 2.01. The summed E-state index contributed by atoms with van der Waals surface area (Å²) < 4.78 is 4.34. The average Bonchev–Trinajstić information content (AvgIpc) is 2.27. The smallest absolute Gasteiger partial charge is 0.339 e. The summed E-state index contributed by atoms with van der Waals surface area (Å²) in [5.41, 5.74) is 1.16. The second kappa shape index (κ2) is 5.11. The lowest BCUT2D eigenvalue weighted by molar-refractivity contribution is -0.298. The lowest BCUT2D eigenvalue weighted by atomic mass is 10.1. The van der Waals surface area contributed by atoms with E-state index in [1.165, 1.54) is 6.08 Å². The Kier molecular flexibility index (Phi) is 3.83. The molecule has 4 nitrogen and oxygen atoms in total. The van der Waals surface area contributed by atoms with Crippen molar-refractivity contribution in [1.82, 2.24) is 0 Å². The Balaban J connectivity index is 3.07. The Bertz CT molecular complexity index is 429. The van der Waals surface area contributed by atoms with Crippen LogP contribution in [0.2, 0.25) is 0 Å². The summed E-state index contributed by atoms with van der Waals surface area (Å²) in [7, 11) is 1.12. The third kappa shape index (κ3) is 2.95. The molecule has 4 heteroatoms. The summed E-state index contributed by atoms with van der Waals surface area (Å²) in [6.45, 7) is 1.91. The maximum atomic E-state index is 11.1. The van der Waals surface area contributed by atoms with Gasteiger partial charge in [0.15, 0.2) is 0 Å². The van der Waals surface area contributed by atoms with Crippen molar-refractivity contribution in [2.24, 2.45) is 0 Å². The molecule has 0 saturated carbocycles. The van der Waals surface area contributed by atoms with E-state index in [0.29, 0.717) is 5.56 Å². The molecule has 0 bridgehead atoms. The fourth-order valence-electron chi connectivity index (χ4n) is 1.14. The van der Waals surface area contributed by atoms with Gasteiger partial charge in [-0.3, -0.25) is 0 Å². The molecule has 84 valence electrons. The van der Waals surface area contributed by atoms with Gasteiger partial charge in [0.05, 0.1) is 18.7 Å². The number of carboxylic acids is 1. The Morgan fingerprint density at radius 2 is 1.81 bits per heavy atom. The number of aryl methyl sites for hydroxylation is 1. The van der Waals surface area contributed by atoms with Crippen LogP contribution >= 0.6 is 0 Å². The van der Waals surface area contributed by atoms with E-state index in [0.717, 1.165) is 12.7 Å². The van der Waals surface area contributed by atoms with E-state index < -0.39 is 17.5 Å². The predicted molar refractivity (Wildman–Crippen MR) is 56.2 cm³/mol. The zero-order chi connectivity index (χ0) is 12.1. The molecule has 0 amide bonds. The van der Waals surface area contributed by atoms with Crippen molar-refractivity contribution in [2.45, 2.75) is 6.92 Å². The van der Waals surface area contributed by atoms with Crippen LogP contribution in [-0.4, -0.2) is 19.0 Å². The predicted octanol–water partition coefficient (Wildman–Crippen LogP) is 0.301. The van der Waals surface area contributed by atoms with E-state index in [1.807, 2.05) is 19.1 Å². The SMILES string of the molecule is COC(=O)/C(=C\c1ccc(C)cc1)C(=O)[O-]. The molecule has 16 heavy (non-hydrogen) atoms. The van der Waals surface area contributed by atoms with E-state index in [1.54, 1.807) is 12.1 Å². The van der Waals surface area contributed by atoms with Crippen molar-refractivity contribution in [3.63, 3.8) is 0 Å². The Labute approximate surface area is 93.2 Å². The molecule has 0 heterocycles. The van der Waals surface area contributed by atoms with Crippen LogP contribution in [0.3, 0.4) is 0 Å². The van der Waals surface area contributed by atoms with Gasteiger partial charge in [-0.1, -0.05) is 29.8 Å². The van der Waals surface area contributed by atoms with Gasteiger partial charge in [-0.05, 0) is 18.6 Å². The fraction of sp³-hybridized carbons (Fsp3) is 0.167. The molecular formula is C12H11O4-. The van der Waals surface area contributed by atoms with Gasteiger partial charge in [-0.25, -0.2) is 4.79 Å². The number of aliphatic carboxylic acids is 1. The summed E-state index contributed by atoms with van der Waals surface area (Å²) in [6, 6.07) is 7.05. The summed E-state index contributed by atoms with van der Waals surface area (Å²) >= 11 is 0. The fourth-order valence-corrected chi connectivity index (χ4v) is 1.14. The van der Waals surface area contributed by atoms with Crippen molar-refractivity contribution in [1.29, 1.82) is 0 Å². The minimum atomic E-state index is -1.55. The normalized spacial score (nSPS) is 11.0. The molecule has 0 radical (unpaired) electrons. The van der Waals surface area contributed by atoms with Crippen LogP contribution in [0.4, 0.5) is 0 Å². The van der Waals surface area contributed by atoms with E-state index >= 15 is 0 Å². The van der Waals surface area contributed by atoms with Crippen LogP contribution in [0.5, 0.6) is 0 Å². The van der Waals surface area contributed by atoms with Gasteiger partial charge in [0.1, 0.15) is 0 Å². The highest BCUT2D eigenvalue weighted by atomic mass is 16.5. The van der Waals surface area contributed by atoms with E-state index in [4.69, 9.17) is 0 Å². The van der Waals surface area contributed by atoms with Gasteiger partial charge in [-0.2, -0.15) is 0 Å². The van der Waals surface area contributed by atoms with Gasteiger partial charge in [-0.15, -0.1) is 0 Å². The number of carbonyl (C=O) groups excluding carboxylic acids is 2. The topological polar surface area (TPSA) is 66.4 Å². The highest BCUT2D eigenvalue weighted by Crippen LogP contribution is 2.09. The molecule has 1 aromatic carbocycles. The number of hydrogen-bond donors (Lipinski definition) is 0. The molecule has 0 N–H and O–H groups in total. The number of methoxy groups -OCH3 is 1. The molecule has 1 aromatic rings. The first-order valence-electron chi connectivity index (χ1n) is 4.62. The highest BCUT2D eigenvalue weighted by molar-refractivity contribution is 6.16. The molecule has 0 aliphatic carbocycles. The van der Waals surface area contributed by atoms with Crippen LogP contribution in [0.15, 0.2) is 29.8 Å². The number of carbonyl (C=O) groups is 2.